The lowest BCUT2D eigenvalue weighted by Crippen LogP contribution is -2.26. The highest BCUT2D eigenvalue weighted by molar-refractivity contribution is 7.89. The van der Waals surface area contributed by atoms with Gasteiger partial charge in [0.2, 0.25) is 10.0 Å². The highest BCUT2D eigenvalue weighted by Gasteiger charge is 2.20. The van der Waals surface area contributed by atoms with E-state index in [1.54, 1.807) is 6.92 Å². The number of ether oxygens (including phenoxy) is 1. The van der Waals surface area contributed by atoms with E-state index in [-0.39, 0.29) is 18.0 Å². The highest BCUT2D eigenvalue weighted by Crippen LogP contribution is 2.19. The number of anilines is 1. The van der Waals surface area contributed by atoms with Gasteiger partial charge < -0.3 is 4.74 Å². The summed E-state index contributed by atoms with van der Waals surface area (Å²) < 4.78 is 31.2. The number of hydrogen-bond acceptors (Lipinski definition) is 4. The van der Waals surface area contributed by atoms with E-state index in [4.69, 9.17) is 4.74 Å². The van der Waals surface area contributed by atoms with Gasteiger partial charge >= 0.3 is 6.09 Å². The Balaban J connectivity index is 2.10. The molecule has 0 atom stereocenters. The van der Waals surface area contributed by atoms with Crippen LogP contribution >= 0.6 is 0 Å². The van der Waals surface area contributed by atoms with Crippen LogP contribution in [0.15, 0.2) is 59.5 Å². The van der Waals surface area contributed by atoms with Crippen molar-refractivity contribution < 1.29 is 17.9 Å². The van der Waals surface area contributed by atoms with E-state index in [0.29, 0.717) is 5.69 Å². The number of nitrogens with one attached hydrogen (secondary N) is 1. The van der Waals surface area contributed by atoms with Crippen molar-refractivity contribution in [2.24, 2.45) is 0 Å². The van der Waals surface area contributed by atoms with Crippen LogP contribution in [0.3, 0.4) is 0 Å². The Morgan fingerprint density at radius 2 is 1.71 bits per heavy atom. The third-order valence-corrected chi connectivity index (χ3v) is 5.15. The van der Waals surface area contributed by atoms with Crippen LogP contribution in [-0.4, -0.2) is 32.5 Å². The van der Waals surface area contributed by atoms with Gasteiger partial charge in [-0.3, -0.25) is 5.32 Å². The topological polar surface area (TPSA) is 75.7 Å². The minimum Gasteiger partial charge on any atom is -0.450 e. The SMILES string of the molecule is CCOC(=O)Nc1ccc(S(=O)(=O)N(C)Cc2ccccc2)cc1. The number of carbonyl (C=O) groups is 1. The fraction of sp³-hybridized carbons (Fsp3) is 0.235. The summed E-state index contributed by atoms with van der Waals surface area (Å²) in [6.45, 7) is 2.26. The minimum absolute atomic E-state index is 0.162. The van der Waals surface area contributed by atoms with Gasteiger partial charge in [-0.2, -0.15) is 4.31 Å². The first-order valence-corrected chi connectivity index (χ1v) is 8.91. The number of rotatable bonds is 6. The van der Waals surface area contributed by atoms with Crippen LogP contribution in [0.5, 0.6) is 0 Å². The van der Waals surface area contributed by atoms with Gasteiger partial charge in [0.05, 0.1) is 11.5 Å². The first-order chi connectivity index (χ1) is 11.4. The quantitative estimate of drug-likeness (QED) is 0.870. The average molecular weight is 348 g/mol. The van der Waals surface area contributed by atoms with Crippen molar-refractivity contribution in [3.05, 3.63) is 60.2 Å². The van der Waals surface area contributed by atoms with E-state index < -0.39 is 16.1 Å². The van der Waals surface area contributed by atoms with Crippen molar-refractivity contribution in [1.29, 1.82) is 0 Å². The van der Waals surface area contributed by atoms with Gasteiger partial charge in [-0.25, -0.2) is 13.2 Å². The second-order valence-electron chi connectivity index (χ2n) is 5.12. The number of amides is 1. The number of carbonyl (C=O) groups excluding carboxylic acids is 1. The standard InChI is InChI=1S/C17H20N2O4S/c1-3-23-17(20)18-15-9-11-16(12-10-15)24(21,22)19(2)13-14-7-5-4-6-8-14/h4-12H,3,13H2,1-2H3,(H,18,20). The van der Waals surface area contributed by atoms with E-state index in [2.05, 4.69) is 5.32 Å². The number of nitrogens with zero attached hydrogens (tertiary/aromatic N) is 1. The van der Waals surface area contributed by atoms with Gasteiger partial charge in [-0.1, -0.05) is 30.3 Å². The van der Waals surface area contributed by atoms with Gasteiger partial charge in [0.15, 0.2) is 0 Å². The lowest BCUT2D eigenvalue weighted by Gasteiger charge is -2.17. The molecule has 0 unspecified atom stereocenters. The van der Waals surface area contributed by atoms with Crippen molar-refractivity contribution in [3.63, 3.8) is 0 Å². The summed E-state index contributed by atoms with van der Waals surface area (Å²) in [4.78, 5) is 11.5. The number of hydrogen-bond donors (Lipinski definition) is 1. The van der Waals surface area contributed by atoms with Crippen LogP contribution in [0.1, 0.15) is 12.5 Å². The molecule has 2 aromatic rings. The predicted molar refractivity (Wildman–Crippen MR) is 92.2 cm³/mol. The van der Waals surface area contributed by atoms with E-state index in [1.807, 2.05) is 30.3 Å². The molecule has 1 N–H and O–H groups in total. The largest absolute Gasteiger partial charge is 0.450 e. The second-order valence-corrected chi connectivity index (χ2v) is 7.16. The Kier molecular flexibility index (Phi) is 5.94. The molecular formula is C17H20N2O4S. The molecule has 0 saturated heterocycles. The molecule has 24 heavy (non-hydrogen) atoms. The fourth-order valence-electron chi connectivity index (χ4n) is 2.10. The maximum atomic E-state index is 12.6. The molecular weight excluding hydrogens is 328 g/mol. The molecule has 6 nitrogen and oxygen atoms in total. The van der Waals surface area contributed by atoms with Gasteiger partial charge in [0.1, 0.15) is 0 Å². The zero-order valence-electron chi connectivity index (χ0n) is 13.6. The molecule has 2 rings (SSSR count). The molecule has 0 aliphatic rings. The molecule has 1 amide bonds. The van der Waals surface area contributed by atoms with Crippen molar-refractivity contribution in [2.75, 3.05) is 19.0 Å². The number of sulfonamides is 1. The second kappa shape index (κ2) is 7.94. The summed E-state index contributed by atoms with van der Waals surface area (Å²) in [7, 11) is -2.07. The third kappa shape index (κ3) is 4.56. The molecule has 0 aliphatic carbocycles. The first-order valence-electron chi connectivity index (χ1n) is 7.47. The van der Waals surface area contributed by atoms with Gasteiger partial charge in [-0.15, -0.1) is 0 Å². The molecule has 2 aromatic carbocycles. The van der Waals surface area contributed by atoms with Crippen LogP contribution in [0.4, 0.5) is 10.5 Å². The molecule has 0 saturated carbocycles. The van der Waals surface area contributed by atoms with Crippen LogP contribution in [0.2, 0.25) is 0 Å². The van der Waals surface area contributed by atoms with Crippen molar-refractivity contribution >= 4 is 21.8 Å². The monoisotopic (exact) mass is 348 g/mol. The predicted octanol–water partition coefficient (Wildman–Crippen LogP) is 3.08. The molecule has 0 bridgehead atoms. The molecule has 0 aromatic heterocycles. The lowest BCUT2D eigenvalue weighted by molar-refractivity contribution is 0.168. The van der Waals surface area contributed by atoms with Gasteiger partial charge in [0.25, 0.3) is 0 Å². The highest BCUT2D eigenvalue weighted by atomic mass is 32.2. The molecule has 0 fully saturated rings. The Bertz CT molecular complexity index is 774. The van der Waals surface area contributed by atoms with E-state index in [9.17, 15) is 13.2 Å². The summed E-state index contributed by atoms with van der Waals surface area (Å²) in [5.41, 5.74) is 1.38. The summed E-state index contributed by atoms with van der Waals surface area (Å²) >= 11 is 0. The fourth-order valence-corrected chi connectivity index (χ4v) is 3.26. The molecule has 0 radical (unpaired) electrons. The van der Waals surface area contributed by atoms with Crippen molar-refractivity contribution in [1.82, 2.24) is 4.31 Å². The summed E-state index contributed by atoms with van der Waals surface area (Å²) in [5.74, 6) is 0. The molecule has 0 heterocycles. The summed E-state index contributed by atoms with van der Waals surface area (Å²) in [5, 5.41) is 2.52. The van der Waals surface area contributed by atoms with Crippen LogP contribution in [-0.2, 0) is 21.3 Å². The van der Waals surface area contributed by atoms with Crippen molar-refractivity contribution in [2.45, 2.75) is 18.4 Å². The lowest BCUT2D eigenvalue weighted by atomic mass is 10.2. The Morgan fingerprint density at radius 1 is 1.08 bits per heavy atom. The van der Waals surface area contributed by atoms with E-state index >= 15 is 0 Å². The summed E-state index contributed by atoms with van der Waals surface area (Å²) in [6.07, 6.45) is -0.575. The van der Waals surface area contributed by atoms with E-state index in [0.717, 1.165) is 5.56 Å². The zero-order valence-corrected chi connectivity index (χ0v) is 14.4. The average Bonchev–Trinajstić information content (AvgIpc) is 2.56. The Labute approximate surface area is 142 Å². The smallest absolute Gasteiger partial charge is 0.411 e. The maximum absolute atomic E-state index is 12.6. The first kappa shape index (κ1) is 18.0. The Morgan fingerprint density at radius 3 is 2.29 bits per heavy atom. The van der Waals surface area contributed by atoms with Crippen molar-refractivity contribution in [3.8, 4) is 0 Å². The minimum atomic E-state index is -3.60. The van der Waals surface area contributed by atoms with Crippen LogP contribution < -0.4 is 5.32 Å². The van der Waals surface area contributed by atoms with Crippen LogP contribution in [0.25, 0.3) is 0 Å². The van der Waals surface area contributed by atoms with Crippen LogP contribution in [0, 0.1) is 0 Å². The van der Waals surface area contributed by atoms with Gasteiger partial charge in [0, 0.05) is 19.3 Å². The molecule has 0 aliphatic heterocycles. The van der Waals surface area contributed by atoms with E-state index in [1.165, 1.54) is 35.6 Å². The normalized spacial score (nSPS) is 11.3. The molecule has 128 valence electrons. The summed E-state index contributed by atoms with van der Waals surface area (Å²) in [6, 6.07) is 15.3. The van der Waals surface area contributed by atoms with Gasteiger partial charge in [-0.05, 0) is 36.8 Å². The zero-order chi connectivity index (χ0) is 17.6. The Hall–Kier alpha value is -2.38. The third-order valence-electron chi connectivity index (χ3n) is 3.33. The maximum Gasteiger partial charge on any atom is 0.411 e. The number of benzene rings is 2. The molecule has 0 spiro atoms. The molecule has 7 heteroatoms.